The van der Waals surface area contributed by atoms with E-state index < -0.39 is 12.0 Å². The number of hydrogen-bond donors (Lipinski definition) is 2. The smallest absolute Gasteiger partial charge is 0.356 e. The van der Waals surface area contributed by atoms with Crippen molar-refractivity contribution >= 4 is 45.2 Å². The van der Waals surface area contributed by atoms with Crippen LogP contribution in [0.2, 0.25) is 5.15 Å². The number of anilines is 1. The Kier molecular flexibility index (Phi) is 5.53. The van der Waals surface area contributed by atoms with Gasteiger partial charge in [-0.1, -0.05) is 17.7 Å². The Bertz CT molecular complexity index is 1660. The van der Waals surface area contributed by atoms with Crippen LogP contribution in [0.15, 0.2) is 62.4 Å². The number of fused-ring (bicyclic) bond motifs is 2. The number of halogens is 1. The predicted octanol–water partition coefficient (Wildman–Crippen LogP) is 6.14. The van der Waals surface area contributed by atoms with Gasteiger partial charge in [-0.15, -0.1) is 0 Å². The van der Waals surface area contributed by atoms with Crippen molar-refractivity contribution in [2.75, 3.05) is 5.32 Å². The first-order valence-corrected chi connectivity index (χ1v) is 11.2. The molecule has 2 N–H and O–H groups in total. The summed E-state index contributed by atoms with van der Waals surface area (Å²) in [5, 5.41) is 14.0. The Labute approximate surface area is 204 Å². The zero-order valence-corrected chi connectivity index (χ0v) is 19.8. The molecule has 9 heteroatoms. The topological polar surface area (TPSA) is 118 Å². The second kappa shape index (κ2) is 8.56. The number of benzene rings is 1. The van der Waals surface area contributed by atoms with Gasteiger partial charge >= 0.3 is 5.97 Å². The van der Waals surface area contributed by atoms with Gasteiger partial charge in [0, 0.05) is 28.9 Å². The molecule has 0 saturated carbocycles. The highest BCUT2D eigenvalue weighted by Crippen LogP contribution is 2.34. The highest BCUT2D eigenvalue weighted by Gasteiger charge is 2.22. The monoisotopic (exact) mass is 489 g/mol. The van der Waals surface area contributed by atoms with E-state index in [0.717, 1.165) is 10.9 Å². The molecule has 0 radical (unpaired) electrons. The van der Waals surface area contributed by atoms with Crippen LogP contribution in [0.25, 0.3) is 33.5 Å². The van der Waals surface area contributed by atoms with Gasteiger partial charge in [0.05, 0.1) is 17.1 Å². The van der Waals surface area contributed by atoms with E-state index in [1.165, 1.54) is 6.07 Å². The molecule has 0 spiro atoms. The first-order chi connectivity index (χ1) is 16.7. The molecule has 0 aliphatic heterocycles. The van der Waals surface area contributed by atoms with Crippen LogP contribution in [0.5, 0.6) is 0 Å². The summed E-state index contributed by atoms with van der Waals surface area (Å²) in [5.41, 5.74) is 2.92. The number of nitrogens with zero attached hydrogens (tertiary/aromatic N) is 2. The van der Waals surface area contributed by atoms with Crippen LogP contribution >= 0.6 is 11.6 Å². The third-order valence-electron chi connectivity index (χ3n) is 5.83. The lowest BCUT2D eigenvalue weighted by atomic mass is 9.99. The number of rotatable bonds is 5. The number of aryl methyl sites for hydroxylation is 1. The lowest BCUT2D eigenvalue weighted by molar-refractivity contribution is 0.0691. The minimum atomic E-state index is -1.21. The Hall–Kier alpha value is -4.17. The molecule has 0 aliphatic carbocycles. The van der Waals surface area contributed by atoms with Crippen LogP contribution in [-0.4, -0.2) is 21.0 Å². The van der Waals surface area contributed by atoms with Crippen molar-refractivity contribution in [2.45, 2.75) is 26.8 Å². The van der Waals surface area contributed by atoms with Crippen LogP contribution in [0.1, 0.15) is 40.1 Å². The second-order valence-corrected chi connectivity index (χ2v) is 8.73. The number of aromatic nitrogens is 2. The zero-order valence-electron chi connectivity index (χ0n) is 19.0. The molecule has 0 amide bonds. The molecule has 0 aliphatic rings. The van der Waals surface area contributed by atoms with Crippen molar-refractivity contribution in [1.82, 2.24) is 9.97 Å². The Morgan fingerprint density at radius 1 is 1.14 bits per heavy atom. The van der Waals surface area contributed by atoms with E-state index in [-0.39, 0.29) is 16.3 Å². The van der Waals surface area contributed by atoms with E-state index in [2.05, 4.69) is 15.3 Å². The average Bonchev–Trinajstić information content (AvgIpc) is 3.26. The van der Waals surface area contributed by atoms with Crippen molar-refractivity contribution < 1.29 is 18.7 Å². The molecule has 0 unspecified atom stereocenters. The van der Waals surface area contributed by atoms with Crippen molar-refractivity contribution in [2.24, 2.45) is 0 Å². The Morgan fingerprint density at radius 3 is 2.69 bits per heavy atom. The summed E-state index contributed by atoms with van der Waals surface area (Å²) in [6, 6.07) is 9.84. The Balaban J connectivity index is 1.67. The van der Waals surface area contributed by atoms with E-state index in [0.29, 0.717) is 44.9 Å². The van der Waals surface area contributed by atoms with Gasteiger partial charge in [-0.3, -0.25) is 9.78 Å². The van der Waals surface area contributed by atoms with E-state index in [4.69, 9.17) is 20.4 Å². The third-order valence-corrected chi connectivity index (χ3v) is 6.05. The highest BCUT2D eigenvalue weighted by molar-refractivity contribution is 6.29. The summed E-state index contributed by atoms with van der Waals surface area (Å²) >= 11 is 5.89. The van der Waals surface area contributed by atoms with Gasteiger partial charge in [0.1, 0.15) is 16.3 Å². The molecule has 0 saturated heterocycles. The molecule has 4 aromatic heterocycles. The number of carboxylic acid groups (broad SMARTS) is 1. The van der Waals surface area contributed by atoms with Crippen molar-refractivity contribution in [3.8, 4) is 11.5 Å². The minimum absolute atomic E-state index is 0.0776. The second-order valence-electron chi connectivity index (χ2n) is 8.34. The first kappa shape index (κ1) is 22.6. The van der Waals surface area contributed by atoms with Crippen LogP contribution in [0, 0.1) is 13.8 Å². The number of carboxylic acids is 1. The SMILES string of the molecule is Cc1cc([C@@H](C)Nc2ccc(Cl)nc2C(=O)O)c2oc(-c3cc4cnccc4o3)c(C)c(=O)c2c1. The summed E-state index contributed by atoms with van der Waals surface area (Å²) in [4.78, 5) is 33.1. The normalized spacial score (nSPS) is 12.2. The molecule has 5 aromatic rings. The average molecular weight is 490 g/mol. The number of furan rings is 1. The summed E-state index contributed by atoms with van der Waals surface area (Å²) in [6.07, 6.45) is 3.31. The predicted molar refractivity (Wildman–Crippen MR) is 133 cm³/mol. The van der Waals surface area contributed by atoms with Gasteiger partial charge in [-0.2, -0.15) is 0 Å². The fourth-order valence-electron chi connectivity index (χ4n) is 4.15. The van der Waals surface area contributed by atoms with Crippen LogP contribution < -0.4 is 10.7 Å². The number of carbonyl (C=O) groups is 1. The first-order valence-electron chi connectivity index (χ1n) is 10.8. The number of pyridine rings is 2. The minimum Gasteiger partial charge on any atom is -0.476 e. The standard InChI is InChI=1S/C26H20ClN3O5/c1-12-8-16(14(3)29-18-4-5-21(27)30-22(18)26(32)33)25-17(9-12)23(31)13(2)24(35-25)20-10-15-11-28-7-6-19(15)34-20/h4-11,14,29H,1-3H3,(H,32,33)/t14-/m1/s1. The van der Waals surface area contributed by atoms with Gasteiger partial charge < -0.3 is 19.3 Å². The lowest BCUT2D eigenvalue weighted by Gasteiger charge is -2.19. The van der Waals surface area contributed by atoms with Crippen molar-refractivity contribution in [1.29, 1.82) is 0 Å². The molecule has 0 bridgehead atoms. The van der Waals surface area contributed by atoms with Gasteiger partial charge in [0.25, 0.3) is 0 Å². The number of nitrogens with one attached hydrogen (secondary N) is 1. The van der Waals surface area contributed by atoms with E-state index in [1.807, 2.05) is 19.9 Å². The quantitative estimate of drug-likeness (QED) is 0.283. The maximum atomic E-state index is 13.4. The maximum Gasteiger partial charge on any atom is 0.356 e. The molecule has 176 valence electrons. The lowest BCUT2D eigenvalue weighted by Crippen LogP contribution is -2.14. The van der Waals surface area contributed by atoms with Crippen molar-refractivity contribution in [3.05, 3.63) is 86.6 Å². The largest absolute Gasteiger partial charge is 0.476 e. The number of hydrogen-bond acceptors (Lipinski definition) is 7. The zero-order chi connectivity index (χ0) is 24.9. The van der Waals surface area contributed by atoms with E-state index in [1.54, 1.807) is 43.6 Å². The maximum absolute atomic E-state index is 13.4. The molecule has 4 heterocycles. The molecular formula is C26H20ClN3O5. The van der Waals surface area contributed by atoms with Gasteiger partial charge in [-0.25, -0.2) is 9.78 Å². The van der Waals surface area contributed by atoms with E-state index >= 15 is 0 Å². The fraction of sp³-hybridized carbons (Fsp3) is 0.154. The summed E-state index contributed by atoms with van der Waals surface area (Å²) in [6.45, 7) is 5.44. The fourth-order valence-corrected chi connectivity index (χ4v) is 4.29. The summed E-state index contributed by atoms with van der Waals surface area (Å²) in [7, 11) is 0. The number of aromatic carboxylic acids is 1. The third kappa shape index (κ3) is 4.02. The molecular weight excluding hydrogens is 470 g/mol. The molecule has 8 nitrogen and oxygen atoms in total. The van der Waals surface area contributed by atoms with Crippen LogP contribution in [0.3, 0.4) is 0 Å². The van der Waals surface area contributed by atoms with Crippen LogP contribution in [0.4, 0.5) is 5.69 Å². The highest BCUT2D eigenvalue weighted by atomic mass is 35.5. The Morgan fingerprint density at radius 2 is 1.94 bits per heavy atom. The molecule has 35 heavy (non-hydrogen) atoms. The van der Waals surface area contributed by atoms with Crippen molar-refractivity contribution in [3.63, 3.8) is 0 Å². The summed E-state index contributed by atoms with van der Waals surface area (Å²) < 4.78 is 12.3. The molecule has 1 aromatic carbocycles. The molecule has 1 atom stereocenters. The van der Waals surface area contributed by atoms with E-state index in [9.17, 15) is 14.7 Å². The molecule has 5 rings (SSSR count). The molecule has 0 fully saturated rings. The summed E-state index contributed by atoms with van der Waals surface area (Å²) in [5.74, 6) is -0.456. The van der Waals surface area contributed by atoms with Gasteiger partial charge in [0.2, 0.25) is 0 Å². The van der Waals surface area contributed by atoms with Crippen LogP contribution in [-0.2, 0) is 0 Å². The van der Waals surface area contributed by atoms with Gasteiger partial charge in [-0.05, 0) is 56.7 Å². The van der Waals surface area contributed by atoms with Gasteiger partial charge in [0.15, 0.2) is 22.6 Å².